The van der Waals surface area contributed by atoms with Crippen LogP contribution in [0, 0.1) is 0 Å². The lowest BCUT2D eigenvalue weighted by atomic mass is 10.1. The number of rotatable bonds is 4. The number of nitrogens with one attached hydrogen (secondary N) is 1. The maximum atomic E-state index is 10.9. The molecule has 1 unspecified atom stereocenters. The van der Waals surface area contributed by atoms with Gasteiger partial charge in [-0.25, -0.2) is 14.8 Å². The van der Waals surface area contributed by atoms with Crippen molar-refractivity contribution in [1.29, 1.82) is 0 Å². The molecule has 4 rings (SSSR count). The lowest BCUT2D eigenvalue weighted by Crippen LogP contribution is -2.24. The monoisotopic (exact) mass is 346 g/mol. The number of benzene rings is 2. The Labute approximate surface area is 151 Å². The van der Waals surface area contributed by atoms with Crippen molar-refractivity contribution in [3.63, 3.8) is 0 Å². The number of para-hydroxylation sites is 1. The number of carbonyl (C=O) groups is 1. The highest BCUT2D eigenvalue weighted by atomic mass is 16.4. The van der Waals surface area contributed by atoms with Gasteiger partial charge in [0.2, 0.25) is 0 Å². The molecule has 0 bridgehead atoms. The van der Waals surface area contributed by atoms with Gasteiger partial charge in [-0.2, -0.15) is 0 Å². The molecule has 1 aliphatic rings. The molecule has 0 saturated heterocycles. The van der Waals surface area contributed by atoms with Gasteiger partial charge in [-0.15, -0.1) is 0 Å². The van der Waals surface area contributed by atoms with Crippen molar-refractivity contribution in [2.75, 3.05) is 10.2 Å². The quantitative estimate of drug-likeness (QED) is 0.743. The number of nitrogens with zero attached hydrogens (tertiary/aromatic N) is 3. The molecule has 2 aromatic carbocycles. The summed E-state index contributed by atoms with van der Waals surface area (Å²) >= 11 is 0. The van der Waals surface area contributed by atoms with Crippen molar-refractivity contribution in [2.24, 2.45) is 0 Å². The van der Waals surface area contributed by atoms with Gasteiger partial charge in [-0.3, -0.25) is 0 Å². The number of aromatic carboxylic acids is 1. The highest BCUT2D eigenvalue weighted by Gasteiger charge is 2.27. The van der Waals surface area contributed by atoms with Crippen LogP contribution in [0.1, 0.15) is 22.8 Å². The second-order valence-corrected chi connectivity index (χ2v) is 6.32. The third kappa shape index (κ3) is 2.97. The second-order valence-electron chi connectivity index (χ2n) is 6.32. The Bertz CT molecular complexity index is 956. The molecule has 0 aliphatic carbocycles. The Morgan fingerprint density at radius 1 is 1.15 bits per heavy atom. The lowest BCUT2D eigenvalue weighted by molar-refractivity contribution is 0.0697. The zero-order chi connectivity index (χ0) is 18.1. The topological polar surface area (TPSA) is 78.4 Å². The van der Waals surface area contributed by atoms with Gasteiger partial charge in [0.1, 0.15) is 18.0 Å². The van der Waals surface area contributed by atoms with Crippen LogP contribution in [0.25, 0.3) is 0 Å². The first-order valence-electron chi connectivity index (χ1n) is 8.41. The summed E-state index contributed by atoms with van der Waals surface area (Å²) in [6.45, 7) is 2.18. The predicted molar refractivity (Wildman–Crippen MR) is 100 cm³/mol. The normalized spacial score (nSPS) is 15.6. The van der Waals surface area contributed by atoms with Crippen LogP contribution in [0.3, 0.4) is 0 Å². The summed E-state index contributed by atoms with van der Waals surface area (Å²) in [6, 6.07) is 17.1. The third-order valence-electron chi connectivity index (χ3n) is 4.51. The summed E-state index contributed by atoms with van der Waals surface area (Å²) in [7, 11) is 0. The molecule has 1 atom stereocenters. The summed E-state index contributed by atoms with van der Waals surface area (Å²) in [5.74, 6) is 0.555. The SMILES string of the molecule is CC1Cc2ccccc2N1c1cc(Nc2ccc(C(=O)O)cc2)ncn1. The van der Waals surface area contributed by atoms with E-state index < -0.39 is 5.97 Å². The van der Waals surface area contributed by atoms with E-state index in [1.165, 1.54) is 17.6 Å². The molecule has 3 aromatic rings. The molecule has 0 radical (unpaired) electrons. The Morgan fingerprint density at radius 3 is 2.69 bits per heavy atom. The summed E-state index contributed by atoms with van der Waals surface area (Å²) in [4.78, 5) is 21.9. The highest BCUT2D eigenvalue weighted by molar-refractivity contribution is 5.88. The minimum Gasteiger partial charge on any atom is -0.478 e. The van der Waals surface area contributed by atoms with Gasteiger partial charge in [0.15, 0.2) is 0 Å². The van der Waals surface area contributed by atoms with Gasteiger partial charge in [0.05, 0.1) is 5.56 Å². The number of hydrogen-bond acceptors (Lipinski definition) is 5. The predicted octanol–water partition coefficient (Wildman–Crippen LogP) is 4.00. The van der Waals surface area contributed by atoms with E-state index in [-0.39, 0.29) is 5.56 Å². The smallest absolute Gasteiger partial charge is 0.335 e. The van der Waals surface area contributed by atoms with E-state index in [2.05, 4.69) is 45.3 Å². The molecule has 0 amide bonds. The molecular weight excluding hydrogens is 328 g/mol. The largest absolute Gasteiger partial charge is 0.478 e. The summed E-state index contributed by atoms with van der Waals surface area (Å²) < 4.78 is 0. The molecule has 1 aromatic heterocycles. The molecule has 0 saturated carbocycles. The fourth-order valence-corrected chi connectivity index (χ4v) is 3.31. The van der Waals surface area contributed by atoms with Gasteiger partial charge < -0.3 is 15.3 Å². The van der Waals surface area contributed by atoms with Crippen molar-refractivity contribution < 1.29 is 9.90 Å². The van der Waals surface area contributed by atoms with E-state index >= 15 is 0 Å². The van der Waals surface area contributed by atoms with Gasteiger partial charge in [0.25, 0.3) is 0 Å². The van der Waals surface area contributed by atoms with Crippen LogP contribution in [-0.2, 0) is 6.42 Å². The molecule has 2 heterocycles. The van der Waals surface area contributed by atoms with Crippen molar-refractivity contribution in [1.82, 2.24) is 9.97 Å². The van der Waals surface area contributed by atoms with Crippen LogP contribution in [0.15, 0.2) is 60.9 Å². The summed E-state index contributed by atoms with van der Waals surface area (Å²) in [5, 5.41) is 12.2. The molecule has 130 valence electrons. The summed E-state index contributed by atoms with van der Waals surface area (Å²) in [5.41, 5.74) is 3.52. The van der Waals surface area contributed by atoms with Gasteiger partial charge in [-0.05, 0) is 49.2 Å². The lowest BCUT2D eigenvalue weighted by Gasteiger charge is -2.24. The maximum absolute atomic E-state index is 10.9. The Kier molecular flexibility index (Phi) is 4.01. The van der Waals surface area contributed by atoms with Crippen LogP contribution < -0.4 is 10.2 Å². The fourth-order valence-electron chi connectivity index (χ4n) is 3.31. The first kappa shape index (κ1) is 16.1. The number of carboxylic acid groups (broad SMARTS) is 1. The minimum atomic E-state index is -0.942. The van der Waals surface area contributed by atoms with E-state index in [1.807, 2.05) is 12.1 Å². The third-order valence-corrected chi connectivity index (χ3v) is 4.51. The fraction of sp³-hybridized carbons (Fsp3) is 0.150. The molecule has 2 N–H and O–H groups in total. The van der Waals surface area contributed by atoms with Crippen molar-refractivity contribution in [2.45, 2.75) is 19.4 Å². The molecule has 1 aliphatic heterocycles. The summed E-state index contributed by atoms with van der Waals surface area (Å²) in [6.07, 6.45) is 2.52. The standard InChI is InChI=1S/C20H18N4O2/c1-13-10-15-4-2-3-5-17(15)24(13)19-11-18(21-12-22-19)23-16-8-6-14(7-9-16)20(25)26/h2-9,11-13H,10H2,1H3,(H,25,26)(H,21,22,23). The van der Waals surface area contributed by atoms with E-state index in [0.29, 0.717) is 11.9 Å². The Balaban J connectivity index is 1.60. The number of carboxylic acids is 1. The first-order valence-corrected chi connectivity index (χ1v) is 8.41. The van der Waals surface area contributed by atoms with Crippen LogP contribution in [-0.4, -0.2) is 27.1 Å². The number of anilines is 4. The van der Waals surface area contributed by atoms with Crippen LogP contribution in [0.4, 0.5) is 23.0 Å². The van der Waals surface area contributed by atoms with E-state index in [9.17, 15) is 4.79 Å². The second kappa shape index (κ2) is 6.48. The number of aromatic nitrogens is 2. The van der Waals surface area contributed by atoms with E-state index in [1.54, 1.807) is 24.3 Å². The van der Waals surface area contributed by atoms with Gasteiger partial charge >= 0.3 is 5.97 Å². The van der Waals surface area contributed by atoms with Gasteiger partial charge in [0, 0.05) is 23.5 Å². The molecule has 0 spiro atoms. The highest BCUT2D eigenvalue weighted by Crippen LogP contribution is 2.37. The Morgan fingerprint density at radius 2 is 1.92 bits per heavy atom. The average molecular weight is 346 g/mol. The van der Waals surface area contributed by atoms with Crippen molar-refractivity contribution in [3.8, 4) is 0 Å². The van der Waals surface area contributed by atoms with Crippen LogP contribution >= 0.6 is 0 Å². The zero-order valence-electron chi connectivity index (χ0n) is 14.3. The molecular formula is C20H18N4O2. The maximum Gasteiger partial charge on any atom is 0.335 e. The molecule has 6 heteroatoms. The number of hydrogen-bond donors (Lipinski definition) is 2. The van der Waals surface area contributed by atoms with E-state index in [4.69, 9.17) is 5.11 Å². The molecule has 0 fully saturated rings. The van der Waals surface area contributed by atoms with E-state index in [0.717, 1.165) is 17.9 Å². The average Bonchev–Trinajstić information content (AvgIpc) is 2.98. The van der Waals surface area contributed by atoms with Crippen molar-refractivity contribution in [3.05, 3.63) is 72.1 Å². The molecule has 6 nitrogen and oxygen atoms in total. The Hall–Kier alpha value is -3.41. The minimum absolute atomic E-state index is 0.251. The van der Waals surface area contributed by atoms with Crippen LogP contribution in [0.5, 0.6) is 0 Å². The first-order chi connectivity index (χ1) is 12.6. The molecule has 26 heavy (non-hydrogen) atoms. The number of fused-ring (bicyclic) bond motifs is 1. The van der Waals surface area contributed by atoms with Crippen LogP contribution in [0.2, 0.25) is 0 Å². The van der Waals surface area contributed by atoms with Crippen molar-refractivity contribution >= 4 is 29.0 Å². The van der Waals surface area contributed by atoms with Gasteiger partial charge in [-0.1, -0.05) is 18.2 Å². The zero-order valence-corrected chi connectivity index (χ0v) is 14.3.